The molecular formula is C14H17F2NO3. The van der Waals surface area contributed by atoms with E-state index in [4.69, 9.17) is 5.11 Å². The molecule has 0 unspecified atom stereocenters. The first kappa shape index (κ1) is 16.1. The van der Waals surface area contributed by atoms with Gasteiger partial charge in [0, 0.05) is 11.1 Å². The minimum Gasteiger partial charge on any atom is -0.480 e. The number of hydrogen-bond donors (Lipinski definition) is 2. The zero-order chi connectivity index (χ0) is 15.1. The van der Waals surface area contributed by atoms with E-state index >= 15 is 0 Å². The Kier molecular flexibility index (Phi) is 6.09. The Hall–Kier alpha value is -1.98. The summed E-state index contributed by atoms with van der Waals surface area (Å²) in [6.07, 6.45) is -0.890. The highest BCUT2D eigenvalue weighted by Crippen LogP contribution is 2.19. The molecular weight excluding hydrogens is 268 g/mol. The van der Waals surface area contributed by atoms with Gasteiger partial charge in [0.05, 0.1) is 0 Å². The highest BCUT2D eigenvalue weighted by Gasteiger charge is 2.20. The Balaban J connectivity index is 2.78. The molecule has 0 aliphatic rings. The number of carbonyl (C=O) groups is 2. The summed E-state index contributed by atoms with van der Waals surface area (Å²) in [5, 5.41) is 11.4. The maximum Gasteiger partial charge on any atom is 0.326 e. The molecule has 0 saturated carbocycles. The molecule has 2 N–H and O–H groups in total. The van der Waals surface area contributed by atoms with Crippen LogP contribution in [-0.2, 0) is 4.79 Å². The summed E-state index contributed by atoms with van der Waals surface area (Å²) in [6, 6.07) is 4.00. The van der Waals surface area contributed by atoms with Crippen LogP contribution in [0.1, 0.15) is 48.5 Å². The van der Waals surface area contributed by atoms with Crippen molar-refractivity contribution < 1.29 is 23.5 Å². The molecule has 0 bridgehead atoms. The molecule has 0 saturated heterocycles. The van der Waals surface area contributed by atoms with Gasteiger partial charge in [0.1, 0.15) is 6.04 Å². The SMILES string of the molecule is CCCC[C@H](NC(=O)c1cccc(C(F)F)c1)C(=O)O. The zero-order valence-electron chi connectivity index (χ0n) is 11.1. The molecule has 0 aromatic heterocycles. The molecule has 0 heterocycles. The van der Waals surface area contributed by atoms with Crippen molar-refractivity contribution >= 4 is 11.9 Å². The zero-order valence-corrected chi connectivity index (χ0v) is 11.1. The molecule has 4 nitrogen and oxygen atoms in total. The Labute approximate surface area is 115 Å². The molecule has 1 aromatic carbocycles. The van der Waals surface area contributed by atoms with E-state index in [1.165, 1.54) is 18.2 Å². The van der Waals surface area contributed by atoms with Gasteiger partial charge >= 0.3 is 5.97 Å². The molecule has 1 aromatic rings. The number of halogens is 2. The molecule has 110 valence electrons. The van der Waals surface area contributed by atoms with Crippen LogP contribution in [0.25, 0.3) is 0 Å². The van der Waals surface area contributed by atoms with E-state index in [1.54, 1.807) is 0 Å². The number of nitrogens with one attached hydrogen (secondary N) is 1. The van der Waals surface area contributed by atoms with Crippen molar-refractivity contribution in [2.75, 3.05) is 0 Å². The summed E-state index contributed by atoms with van der Waals surface area (Å²) in [5.74, 6) is -1.78. The largest absolute Gasteiger partial charge is 0.480 e. The molecule has 1 rings (SSSR count). The summed E-state index contributed by atoms with van der Waals surface area (Å²) < 4.78 is 25.1. The normalized spacial score (nSPS) is 12.2. The second kappa shape index (κ2) is 7.57. The third-order valence-corrected chi connectivity index (χ3v) is 2.85. The van der Waals surface area contributed by atoms with Crippen LogP contribution in [0.15, 0.2) is 24.3 Å². The molecule has 0 radical (unpaired) electrons. The lowest BCUT2D eigenvalue weighted by atomic mass is 10.1. The van der Waals surface area contributed by atoms with Crippen molar-refractivity contribution in [3.05, 3.63) is 35.4 Å². The molecule has 6 heteroatoms. The Morgan fingerprint density at radius 1 is 1.35 bits per heavy atom. The van der Waals surface area contributed by atoms with Crippen molar-refractivity contribution in [3.8, 4) is 0 Å². The lowest BCUT2D eigenvalue weighted by Gasteiger charge is -2.14. The number of aliphatic carboxylic acids is 1. The van der Waals surface area contributed by atoms with E-state index in [0.717, 1.165) is 12.5 Å². The van der Waals surface area contributed by atoms with E-state index < -0.39 is 24.3 Å². The summed E-state index contributed by atoms with van der Waals surface area (Å²) in [4.78, 5) is 22.9. The van der Waals surface area contributed by atoms with Gasteiger partial charge in [-0.05, 0) is 18.6 Å². The van der Waals surface area contributed by atoms with Gasteiger partial charge in [0.25, 0.3) is 12.3 Å². The Morgan fingerprint density at radius 3 is 2.60 bits per heavy atom. The number of carbonyl (C=O) groups excluding carboxylic acids is 1. The van der Waals surface area contributed by atoms with Gasteiger partial charge in [-0.1, -0.05) is 31.9 Å². The summed E-state index contributed by atoms with van der Waals surface area (Å²) >= 11 is 0. The summed E-state index contributed by atoms with van der Waals surface area (Å²) in [5.41, 5.74) is -0.233. The molecule has 0 fully saturated rings. The quantitative estimate of drug-likeness (QED) is 0.809. The van der Waals surface area contributed by atoms with E-state index in [0.29, 0.717) is 12.8 Å². The van der Waals surface area contributed by atoms with Gasteiger partial charge in [0.2, 0.25) is 0 Å². The minimum absolute atomic E-state index is 0.0329. The molecule has 0 aliphatic heterocycles. The first-order chi connectivity index (χ1) is 9.45. The van der Waals surface area contributed by atoms with Gasteiger partial charge in [0.15, 0.2) is 0 Å². The van der Waals surface area contributed by atoms with Gasteiger partial charge in [-0.25, -0.2) is 13.6 Å². The molecule has 0 spiro atoms. The fourth-order valence-electron chi connectivity index (χ4n) is 1.72. The van der Waals surface area contributed by atoms with Crippen LogP contribution in [0, 0.1) is 0 Å². The number of hydrogen-bond acceptors (Lipinski definition) is 2. The first-order valence-electron chi connectivity index (χ1n) is 6.37. The molecule has 1 atom stereocenters. The van der Waals surface area contributed by atoms with E-state index in [2.05, 4.69) is 5.32 Å². The van der Waals surface area contributed by atoms with Gasteiger partial charge in [-0.3, -0.25) is 4.79 Å². The Bertz CT molecular complexity index is 477. The maximum atomic E-state index is 12.5. The highest BCUT2D eigenvalue weighted by molar-refractivity contribution is 5.96. The third kappa shape index (κ3) is 4.60. The lowest BCUT2D eigenvalue weighted by molar-refractivity contribution is -0.139. The maximum absolute atomic E-state index is 12.5. The van der Waals surface area contributed by atoms with Crippen molar-refractivity contribution in [3.63, 3.8) is 0 Å². The number of carboxylic acids is 1. The van der Waals surface area contributed by atoms with Crippen LogP contribution in [0.5, 0.6) is 0 Å². The predicted molar refractivity (Wildman–Crippen MR) is 69.8 cm³/mol. The minimum atomic E-state index is -2.67. The second-order valence-electron chi connectivity index (χ2n) is 4.43. The number of rotatable bonds is 7. The van der Waals surface area contributed by atoms with E-state index in [9.17, 15) is 18.4 Å². The van der Waals surface area contributed by atoms with Gasteiger partial charge in [-0.15, -0.1) is 0 Å². The van der Waals surface area contributed by atoms with Crippen molar-refractivity contribution in [2.45, 2.75) is 38.7 Å². The van der Waals surface area contributed by atoms with Crippen LogP contribution in [0.3, 0.4) is 0 Å². The number of alkyl halides is 2. The third-order valence-electron chi connectivity index (χ3n) is 2.85. The van der Waals surface area contributed by atoms with Gasteiger partial charge < -0.3 is 10.4 Å². The average molecular weight is 285 g/mol. The number of benzene rings is 1. The lowest BCUT2D eigenvalue weighted by Crippen LogP contribution is -2.40. The number of amides is 1. The van der Waals surface area contributed by atoms with Crippen molar-refractivity contribution in [2.24, 2.45) is 0 Å². The van der Waals surface area contributed by atoms with Crippen LogP contribution < -0.4 is 5.32 Å². The number of carboxylic acid groups (broad SMARTS) is 1. The average Bonchev–Trinajstić information content (AvgIpc) is 2.42. The molecule has 1 amide bonds. The van der Waals surface area contributed by atoms with E-state index in [1.807, 2.05) is 6.92 Å². The van der Waals surface area contributed by atoms with Crippen LogP contribution in [0.2, 0.25) is 0 Å². The number of unbranched alkanes of at least 4 members (excludes halogenated alkanes) is 1. The standard InChI is InChI=1S/C14H17F2NO3/c1-2-3-7-11(14(19)20)17-13(18)10-6-4-5-9(8-10)12(15)16/h4-6,8,11-12H,2-3,7H2,1H3,(H,17,18)(H,19,20)/t11-/m0/s1. The van der Waals surface area contributed by atoms with Gasteiger partial charge in [-0.2, -0.15) is 0 Å². The van der Waals surface area contributed by atoms with Crippen LogP contribution >= 0.6 is 0 Å². The topological polar surface area (TPSA) is 66.4 Å². The smallest absolute Gasteiger partial charge is 0.326 e. The predicted octanol–water partition coefficient (Wildman–Crippen LogP) is 3.00. The fraction of sp³-hybridized carbons (Fsp3) is 0.429. The molecule has 0 aliphatic carbocycles. The van der Waals surface area contributed by atoms with Crippen molar-refractivity contribution in [1.82, 2.24) is 5.32 Å². The monoisotopic (exact) mass is 285 g/mol. The Morgan fingerprint density at radius 2 is 2.05 bits per heavy atom. The summed E-state index contributed by atoms with van der Waals surface area (Å²) in [6.45, 7) is 1.91. The van der Waals surface area contributed by atoms with Crippen LogP contribution in [0.4, 0.5) is 8.78 Å². The fourth-order valence-corrected chi connectivity index (χ4v) is 1.72. The van der Waals surface area contributed by atoms with E-state index in [-0.39, 0.29) is 11.1 Å². The summed E-state index contributed by atoms with van der Waals surface area (Å²) in [7, 11) is 0. The highest BCUT2D eigenvalue weighted by atomic mass is 19.3. The second-order valence-corrected chi connectivity index (χ2v) is 4.43. The van der Waals surface area contributed by atoms with Crippen LogP contribution in [-0.4, -0.2) is 23.0 Å². The molecule has 20 heavy (non-hydrogen) atoms. The first-order valence-corrected chi connectivity index (χ1v) is 6.37. The van der Waals surface area contributed by atoms with Crippen molar-refractivity contribution in [1.29, 1.82) is 0 Å².